The van der Waals surface area contributed by atoms with Crippen molar-refractivity contribution in [3.8, 4) is 23.0 Å². The molecule has 0 saturated heterocycles. The number of para-hydroxylation sites is 2. The number of ether oxygens (including phenoxy) is 8. The number of rotatable bonds is 22. The Bertz CT molecular complexity index is 1870. The molecule has 5 rings (SSSR count). The fraction of sp³-hybridized carbons (Fsp3) is 0.455. The molecule has 0 saturated carbocycles. The van der Waals surface area contributed by atoms with Crippen molar-refractivity contribution in [2.75, 3.05) is 110 Å². The third-order valence-corrected chi connectivity index (χ3v) is 13.8. The van der Waals surface area contributed by atoms with Crippen molar-refractivity contribution in [2.24, 2.45) is 0 Å². The summed E-state index contributed by atoms with van der Waals surface area (Å²) in [6, 6.07) is 19.1. The van der Waals surface area contributed by atoms with Crippen molar-refractivity contribution in [3.63, 3.8) is 0 Å². The smallest absolute Gasteiger partial charge is 0.360 e. The summed E-state index contributed by atoms with van der Waals surface area (Å²) in [4.78, 5) is 0. The van der Waals surface area contributed by atoms with Crippen molar-refractivity contribution in [1.29, 1.82) is 0 Å². The molecule has 14 nitrogen and oxygen atoms in total. The van der Waals surface area contributed by atoms with Crippen LogP contribution in [0.1, 0.15) is 44.5 Å². The molecule has 16 heteroatoms. The summed E-state index contributed by atoms with van der Waals surface area (Å²) in [7, 11) is 4.42. The van der Waals surface area contributed by atoms with E-state index >= 15 is 0 Å². The molecular weight excluding hydrogens is 814 g/mol. The Morgan fingerprint density at radius 1 is 0.367 bits per heavy atom. The third-order valence-electron chi connectivity index (χ3n) is 10.1. The minimum atomic E-state index is -3.76. The highest BCUT2D eigenvalue weighted by atomic mass is 31.2. The lowest BCUT2D eigenvalue weighted by atomic mass is 9.91. The Morgan fingerprint density at radius 2 is 0.600 bits per heavy atom. The number of hydrogen-bond acceptors (Lipinski definition) is 14. The second kappa shape index (κ2) is 22.9. The molecule has 4 aromatic rings. The summed E-state index contributed by atoms with van der Waals surface area (Å²) in [6.45, 7) is 2.39. The summed E-state index contributed by atoms with van der Waals surface area (Å²) in [6.07, 6.45) is 1.20. The van der Waals surface area contributed by atoms with E-state index in [4.69, 9.17) is 56.0 Å². The van der Waals surface area contributed by atoms with E-state index in [2.05, 4.69) is 0 Å². The SMILES string of the molecule is COCCOc1c2cccc1Cc1cc(P(=O)(OC)OC)cc(c1OCCOC)Cc1cccc(c1OCCOC)Cc1cc(P(=O)(OC)OC)cc(c1OCCOC)C2. The lowest BCUT2D eigenvalue weighted by Gasteiger charge is -2.25. The Hall–Kier alpha value is -3.78. The van der Waals surface area contributed by atoms with Gasteiger partial charge in [0.2, 0.25) is 0 Å². The number of methoxy groups -OCH3 is 4. The summed E-state index contributed by atoms with van der Waals surface area (Å²) in [5.41, 5.74) is 6.18. The fourth-order valence-electron chi connectivity index (χ4n) is 7.19. The average molecular weight is 873 g/mol. The van der Waals surface area contributed by atoms with Gasteiger partial charge in [0, 0.05) is 82.6 Å². The predicted molar refractivity (Wildman–Crippen MR) is 229 cm³/mol. The van der Waals surface area contributed by atoms with Crippen molar-refractivity contribution in [3.05, 3.63) is 105 Å². The topological polar surface area (TPSA) is 145 Å². The van der Waals surface area contributed by atoms with Crippen molar-refractivity contribution in [2.45, 2.75) is 25.7 Å². The molecule has 0 aromatic heterocycles. The van der Waals surface area contributed by atoms with Crippen LogP contribution in [0.2, 0.25) is 0 Å². The van der Waals surface area contributed by atoms with E-state index in [0.717, 1.165) is 44.5 Å². The van der Waals surface area contributed by atoms with Gasteiger partial charge in [-0.25, -0.2) is 0 Å². The number of hydrogen-bond donors (Lipinski definition) is 0. The first-order chi connectivity index (χ1) is 29.1. The molecule has 0 N–H and O–H groups in total. The van der Waals surface area contributed by atoms with E-state index < -0.39 is 15.2 Å². The molecule has 8 bridgehead atoms. The predicted octanol–water partition coefficient (Wildman–Crippen LogP) is 6.69. The molecule has 0 aliphatic heterocycles. The molecule has 0 radical (unpaired) electrons. The minimum absolute atomic E-state index is 0.256. The molecule has 0 spiro atoms. The van der Waals surface area contributed by atoms with E-state index in [-0.39, 0.29) is 26.4 Å². The first kappa shape index (κ1) is 47.3. The van der Waals surface area contributed by atoms with Crippen LogP contribution in [0.5, 0.6) is 23.0 Å². The lowest BCUT2D eigenvalue weighted by Crippen LogP contribution is -2.17. The molecule has 60 heavy (non-hydrogen) atoms. The largest absolute Gasteiger partial charge is 0.491 e. The Labute approximate surface area is 353 Å². The van der Waals surface area contributed by atoms with E-state index in [9.17, 15) is 9.13 Å². The molecule has 0 heterocycles. The van der Waals surface area contributed by atoms with E-state index in [1.807, 2.05) is 60.7 Å². The molecular formula is C44H58O14P2. The Morgan fingerprint density at radius 3 is 0.817 bits per heavy atom. The van der Waals surface area contributed by atoms with Crippen LogP contribution in [0.4, 0.5) is 0 Å². The zero-order valence-electron chi connectivity index (χ0n) is 35.9. The van der Waals surface area contributed by atoms with Gasteiger partial charge in [-0.15, -0.1) is 0 Å². The van der Waals surface area contributed by atoms with Crippen LogP contribution in [-0.2, 0) is 71.9 Å². The Balaban J connectivity index is 1.90. The van der Waals surface area contributed by atoms with Crippen LogP contribution in [0, 0.1) is 0 Å². The highest BCUT2D eigenvalue weighted by Gasteiger charge is 2.31. The van der Waals surface area contributed by atoms with Gasteiger partial charge in [0.15, 0.2) is 0 Å². The van der Waals surface area contributed by atoms with Crippen LogP contribution in [0.25, 0.3) is 0 Å². The van der Waals surface area contributed by atoms with Gasteiger partial charge in [0.05, 0.1) is 37.0 Å². The van der Waals surface area contributed by atoms with Gasteiger partial charge < -0.3 is 56.0 Å². The molecule has 0 fully saturated rings. The van der Waals surface area contributed by atoms with Gasteiger partial charge in [-0.05, 0) is 68.8 Å². The van der Waals surface area contributed by atoms with Crippen molar-refractivity contribution >= 4 is 25.8 Å². The zero-order chi connectivity index (χ0) is 43.1. The van der Waals surface area contributed by atoms with Crippen LogP contribution in [-0.4, -0.2) is 110 Å². The summed E-state index contributed by atoms with van der Waals surface area (Å²) in [5.74, 6) is 2.44. The van der Waals surface area contributed by atoms with Crippen LogP contribution >= 0.6 is 15.2 Å². The molecule has 0 amide bonds. The fourth-order valence-corrected chi connectivity index (χ4v) is 9.58. The highest BCUT2D eigenvalue weighted by molar-refractivity contribution is 7.62. The molecule has 328 valence electrons. The maximum absolute atomic E-state index is 14.2. The standard InChI is InChI=1S/C44H58O14P2/c1-47-15-19-55-41-31-11-9-12-32(41)24-36-28-40(60(46,53-7)54-8)30-38(44(36)58-22-18-50-4)26-34-14-10-13-33(42(34)56-20-16-48-2)25-37-29-39(59(45,51-5)52-6)27-35(23-31)43(37)57-21-17-49-3/h9-14,27-30H,15-26H2,1-8H3. The van der Waals surface area contributed by atoms with Gasteiger partial charge in [-0.1, -0.05) is 36.4 Å². The van der Waals surface area contributed by atoms with Crippen LogP contribution in [0.15, 0.2) is 60.7 Å². The second-order valence-corrected chi connectivity index (χ2v) is 18.3. The normalized spacial score (nSPS) is 12.9. The van der Waals surface area contributed by atoms with Crippen molar-refractivity contribution in [1.82, 2.24) is 0 Å². The van der Waals surface area contributed by atoms with Crippen molar-refractivity contribution < 1.29 is 65.1 Å². The van der Waals surface area contributed by atoms with Gasteiger partial charge >= 0.3 is 15.2 Å². The quantitative estimate of drug-likeness (QED) is 0.0538. The van der Waals surface area contributed by atoms with Crippen LogP contribution in [0.3, 0.4) is 0 Å². The number of benzene rings is 4. The monoisotopic (exact) mass is 872 g/mol. The number of fused-ring (bicyclic) bond motifs is 8. The minimum Gasteiger partial charge on any atom is -0.491 e. The summed E-state index contributed by atoms with van der Waals surface area (Å²) < 4.78 is 98.5. The molecule has 0 atom stereocenters. The summed E-state index contributed by atoms with van der Waals surface area (Å²) >= 11 is 0. The van der Waals surface area contributed by atoms with E-state index in [1.165, 1.54) is 28.4 Å². The lowest BCUT2D eigenvalue weighted by molar-refractivity contribution is 0.144. The first-order valence-electron chi connectivity index (χ1n) is 19.6. The van der Waals surface area contributed by atoms with E-state index in [0.29, 0.717) is 85.7 Å². The zero-order valence-corrected chi connectivity index (χ0v) is 37.7. The van der Waals surface area contributed by atoms with Gasteiger partial charge in [-0.2, -0.15) is 0 Å². The maximum Gasteiger partial charge on any atom is 0.360 e. The molecule has 1 aliphatic rings. The average Bonchev–Trinajstić information content (AvgIpc) is 3.26. The highest BCUT2D eigenvalue weighted by Crippen LogP contribution is 2.49. The van der Waals surface area contributed by atoms with Gasteiger partial charge in [0.1, 0.15) is 49.4 Å². The van der Waals surface area contributed by atoms with Gasteiger partial charge in [-0.3, -0.25) is 9.13 Å². The first-order valence-corrected chi connectivity index (χ1v) is 22.6. The molecule has 4 aromatic carbocycles. The molecule has 1 aliphatic carbocycles. The molecule has 0 unspecified atom stereocenters. The third kappa shape index (κ3) is 11.4. The second-order valence-electron chi connectivity index (χ2n) is 13.8. The van der Waals surface area contributed by atoms with E-state index in [1.54, 1.807) is 28.4 Å². The maximum atomic E-state index is 14.2. The van der Waals surface area contributed by atoms with Crippen LogP contribution < -0.4 is 29.6 Å². The van der Waals surface area contributed by atoms with Gasteiger partial charge in [0.25, 0.3) is 0 Å². The summed E-state index contributed by atoms with van der Waals surface area (Å²) in [5, 5.41) is 0.740. The Kier molecular flexibility index (Phi) is 18.0.